The van der Waals surface area contributed by atoms with Crippen LogP contribution in [-0.4, -0.2) is 80.7 Å². The van der Waals surface area contributed by atoms with Crippen molar-refractivity contribution in [1.29, 1.82) is 5.26 Å². The molecule has 0 bridgehead atoms. The van der Waals surface area contributed by atoms with Crippen LogP contribution in [0.2, 0.25) is 0 Å². The Morgan fingerprint density at radius 3 is 2.65 bits per heavy atom. The number of hydrogen-bond acceptors (Lipinski definition) is 7. The highest BCUT2D eigenvalue weighted by Crippen LogP contribution is 2.45. The van der Waals surface area contributed by atoms with Gasteiger partial charge in [-0.25, -0.2) is 13.4 Å². The molecule has 0 spiro atoms. The van der Waals surface area contributed by atoms with E-state index >= 15 is 0 Å². The number of amides is 1. The number of carbonyl (C=O) groups is 1. The average molecular weight is 486 g/mol. The van der Waals surface area contributed by atoms with Crippen molar-refractivity contribution in [3.05, 3.63) is 34.0 Å². The van der Waals surface area contributed by atoms with Crippen LogP contribution in [0, 0.1) is 11.3 Å². The average Bonchev–Trinajstić information content (AvgIpc) is 3.73. The maximum absolute atomic E-state index is 12.8. The van der Waals surface area contributed by atoms with Crippen LogP contribution in [0.5, 0.6) is 0 Å². The van der Waals surface area contributed by atoms with Crippen molar-refractivity contribution in [3.63, 3.8) is 0 Å². The van der Waals surface area contributed by atoms with Gasteiger partial charge >= 0.3 is 0 Å². The Bertz CT molecular complexity index is 1180. The molecule has 0 aromatic carbocycles. The van der Waals surface area contributed by atoms with Crippen LogP contribution in [0.15, 0.2) is 11.6 Å². The van der Waals surface area contributed by atoms with Crippen molar-refractivity contribution >= 4 is 21.7 Å². The molecule has 5 rings (SSSR count). The van der Waals surface area contributed by atoms with Gasteiger partial charge in [-0.2, -0.15) is 9.57 Å². The Morgan fingerprint density at radius 2 is 2.03 bits per heavy atom. The van der Waals surface area contributed by atoms with Crippen molar-refractivity contribution < 1.29 is 17.9 Å². The lowest BCUT2D eigenvalue weighted by Crippen LogP contribution is -2.55. The Kier molecular flexibility index (Phi) is 6.12. The molecular formula is C24H31N5O4S. The Hall–Kier alpha value is -2.48. The fourth-order valence-electron chi connectivity index (χ4n) is 5.20. The van der Waals surface area contributed by atoms with E-state index < -0.39 is 10.0 Å². The molecule has 0 N–H and O–H groups in total. The summed E-state index contributed by atoms with van der Waals surface area (Å²) >= 11 is 0. The lowest BCUT2D eigenvalue weighted by molar-refractivity contribution is -0.134. The van der Waals surface area contributed by atoms with E-state index in [2.05, 4.69) is 17.0 Å². The summed E-state index contributed by atoms with van der Waals surface area (Å²) in [5, 5.41) is 10.2. The number of pyridine rings is 1. The number of methoxy groups -OCH3 is 1. The van der Waals surface area contributed by atoms with Crippen molar-refractivity contribution in [2.45, 2.75) is 50.6 Å². The van der Waals surface area contributed by atoms with E-state index in [1.165, 1.54) is 16.1 Å². The molecule has 182 valence electrons. The summed E-state index contributed by atoms with van der Waals surface area (Å²) in [6, 6.07) is 2.34. The number of nitrogens with zero attached hydrogens (tertiary/aromatic N) is 5. The monoisotopic (exact) mass is 485 g/mol. The second-order valence-electron chi connectivity index (χ2n) is 9.66. The van der Waals surface area contributed by atoms with Gasteiger partial charge in [-0.05, 0) is 42.4 Å². The molecule has 1 aromatic rings. The maximum atomic E-state index is 12.8. The minimum absolute atomic E-state index is 0.0284. The number of hydrogen-bond donors (Lipinski definition) is 0. The zero-order valence-corrected chi connectivity index (χ0v) is 20.6. The SMILES string of the molecule is COCCC(=O)N1CCN(c2nc(C3CC3)c3c(c2C#N)CN(S(C)(=O)=O)CC3)C[C@H]1C1=CC1. The molecule has 1 saturated heterocycles. The van der Waals surface area contributed by atoms with E-state index in [-0.39, 0.29) is 18.5 Å². The fraction of sp³-hybridized carbons (Fsp3) is 0.625. The first-order valence-corrected chi connectivity index (χ1v) is 13.8. The number of sulfonamides is 1. The molecule has 10 heteroatoms. The molecule has 2 aliphatic carbocycles. The second-order valence-corrected chi connectivity index (χ2v) is 11.6. The first-order chi connectivity index (χ1) is 16.3. The summed E-state index contributed by atoms with van der Waals surface area (Å²) in [5.74, 6) is 1.12. The summed E-state index contributed by atoms with van der Waals surface area (Å²) in [7, 11) is -1.76. The summed E-state index contributed by atoms with van der Waals surface area (Å²) in [5.41, 5.74) is 4.65. The number of aromatic nitrogens is 1. The molecule has 2 fully saturated rings. The minimum Gasteiger partial charge on any atom is -0.384 e. The van der Waals surface area contributed by atoms with Crippen molar-refractivity contribution in [3.8, 4) is 6.07 Å². The van der Waals surface area contributed by atoms with E-state index in [0.717, 1.165) is 36.1 Å². The zero-order chi connectivity index (χ0) is 24.0. The third-order valence-electron chi connectivity index (χ3n) is 7.30. The molecule has 3 heterocycles. The Labute approximate surface area is 201 Å². The Morgan fingerprint density at radius 1 is 1.26 bits per heavy atom. The van der Waals surface area contributed by atoms with Gasteiger partial charge in [0.25, 0.3) is 0 Å². The third-order valence-corrected chi connectivity index (χ3v) is 8.55. The summed E-state index contributed by atoms with van der Waals surface area (Å²) in [4.78, 5) is 21.9. The first kappa shape index (κ1) is 23.3. The predicted octanol–water partition coefficient (Wildman–Crippen LogP) is 1.53. The minimum atomic E-state index is -3.36. The standard InChI is InChI=1S/C24H31N5O4S/c1-33-12-8-22(30)29-11-10-27(15-21(29)16-3-4-16)24-19(13-25)20-14-28(34(2,31)32)9-7-18(20)23(26-24)17-5-6-17/h3,17,21H,4-12,14-15H2,1-2H3/t21-/m0/s1. The van der Waals surface area contributed by atoms with Crippen LogP contribution >= 0.6 is 0 Å². The molecule has 1 aromatic heterocycles. The highest BCUT2D eigenvalue weighted by atomic mass is 32.2. The van der Waals surface area contributed by atoms with E-state index in [1.54, 1.807) is 7.11 Å². The molecule has 1 saturated carbocycles. The number of nitriles is 1. The molecule has 2 aliphatic heterocycles. The number of piperazine rings is 1. The number of anilines is 1. The molecule has 34 heavy (non-hydrogen) atoms. The van der Waals surface area contributed by atoms with Crippen LogP contribution in [-0.2, 0) is 32.5 Å². The van der Waals surface area contributed by atoms with E-state index in [9.17, 15) is 18.5 Å². The smallest absolute Gasteiger partial charge is 0.225 e. The molecule has 0 radical (unpaired) electrons. The van der Waals surface area contributed by atoms with Gasteiger partial charge in [-0.3, -0.25) is 4.79 Å². The van der Waals surface area contributed by atoms with Gasteiger partial charge in [0, 0.05) is 51.4 Å². The van der Waals surface area contributed by atoms with Gasteiger partial charge in [0.15, 0.2) is 0 Å². The van der Waals surface area contributed by atoms with Crippen molar-refractivity contribution in [1.82, 2.24) is 14.2 Å². The summed E-state index contributed by atoms with van der Waals surface area (Å²) < 4.78 is 31.1. The topological polar surface area (TPSA) is 107 Å². The number of fused-ring (bicyclic) bond motifs is 1. The highest BCUT2D eigenvalue weighted by Gasteiger charge is 2.39. The van der Waals surface area contributed by atoms with Gasteiger partial charge < -0.3 is 14.5 Å². The number of allylic oxidation sites excluding steroid dienone is 1. The van der Waals surface area contributed by atoms with Crippen LogP contribution in [0.25, 0.3) is 0 Å². The highest BCUT2D eigenvalue weighted by molar-refractivity contribution is 7.88. The molecule has 1 amide bonds. The molecule has 0 unspecified atom stereocenters. The lowest BCUT2D eigenvalue weighted by Gasteiger charge is -2.42. The van der Waals surface area contributed by atoms with Crippen LogP contribution < -0.4 is 4.90 Å². The largest absolute Gasteiger partial charge is 0.384 e. The van der Waals surface area contributed by atoms with Crippen molar-refractivity contribution in [2.24, 2.45) is 0 Å². The predicted molar refractivity (Wildman–Crippen MR) is 127 cm³/mol. The normalized spacial score (nSPS) is 22.7. The van der Waals surface area contributed by atoms with Gasteiger partial charge in [0.2, 0.25) is 15.9 Å². The van der Waals surface area contributed by atoms with Crippen LogP contribution in [0.4, 0.5) is 5.82 Å². The van der Waals surface area contributed by atoms with Gasteiger partial charge in [-0.1, -0.05) is 6.08 Å². The third kappa shape index (κ3) is 4.44. The van der Waals surface area contributed by atoms with Crippen molar-refractivity contribution in [2.75, 3.05) is 51.1 Å². The van der Waals surface area contributed by atoms with Crippen LogP contribution in [0.3, 0.4) is 0 Å². The molecule has 9 nitrogen and oxygen atoms in total. The summed E-state index contributed by atoms with van der Waals surface area (Å²) in [6.45, 7) is 2.78. The Balaban J connectivity index is 1.49. The lowest BCUT2D eigenvalue weighted by atomic mass is 9.93. The molecular weight excluding hydrogens is 454 g/mol. The van der Waals surface area contributed by atoms with Gasteiger partial charge in [0.1, 0.15) is 11.9 Å². The zero-order valence-electron chi connectivity index (χ0n) is 19.8. The van der Waals surface area contributed by atoms with E-state index in [0.29, 0.717) is 62.9 Å². The van der Waals surface area contributed by atoms with Crippen LogP contribution in [0.1, 0.15) is 54.0 Å². The van der Waals surface area contributed by atoms with E-state index in [1.807, 2.05) is 4.90 Å². The fourth-order valence-corrected chi connectivity index (χ4v) is 5.99. The number of ether oxygens (including phenoxy) is 1. The number of rotatable bonds is 7. The maximum Gasteiger partial charge on any atom is 0.225 e. The second kappa shape index (κ2) is 8.95. The van der Waals surface area contributed by atoms with E-state index in [4.69, 9.17) is 9.72 Å². The summed E-state index contributed by atoms with van der Waals surface area (Å²) in [6.07, 6.45) is 7.39. The number of carbonyl (C=O) groups excluding carboxylic acids is 1. The molecule has 1 atom stereocenters. The quantitative estimate of drug-likeness (QED) is 0.539. The first-order valence-electron chi connectivity index (χ1n) is 11.9. The van der Waals surface area contributed by atoms with Gasteiger partial charge in [-0.15, -0.1) is 0 Å². The molecule has 4 aliphatic rings. The van der Waals surface area contributed by atoms with Gasteiger partial charge in [0.05, 0.1) is 30.9 Å².